The maximum Gasteiger partial charge on any atom is 0.295 e. The van der Waals surface area contributed by atoms with Crippen LogP contribution in [0.15, 0.2) is 120 Å². The minimum absolute atomic E-state index is 0.0739. The fourth-order valence-corrected chi connectivity index (χ4v) is 6.70. The zero-order valence-corrected chi connectivity index (χ0v) is 25.6. The number of aromatic amines is 1. The van der Waals surface area contributed by atoms with Crippen LogP contribution in [0.2, 0.25) is 10.0 Å². The summed E-state index contributed by atoms with van der Waals surface area (Å²) in [5, 5.41) is 2.00. The van der Waals surface area contributed by atoms with Crippen molar-refractivity contribution in [1.82, 2.24) is 9.88 Å². The van der Waals surface area contributed by atoms with Crippen LogP contribution < -0.4 is 5.73 Å². The number of rotatable bonds is 6. The van der Waals surface area contributed by atoms with E-state index in [0.717, 1.165) is 33.3 Å². The number of Topliss-reactive ketones (excluding diaryl/α,β-unsaturated/α-hetero) is 1. The van der Waals surface area contributed by atoms with Gasteiger partial charge in [-0.05, 0) is 59.5 Å². The lowest BCUT2D eigenvalue weighted by Gasteiger charge is -2.39. The highest BCUT2D eigenvalue weighted by Crippen LogP contribution is 2.51. The van der Waals surface area contributed by atoms with Crippen LogP contribution in [0.4, 0.5) is 0 Å². The van der Waals surface area contributed by atoms with Gasteiger partial charge in [0.25, 0.3) is 5.91 Å². The van der Waals surface area contributed by atoms with Crippen molar-refractivity contribution in [1.29, 1.82) is 0 Å². The molecule has 6 nitrogen and oxygen atoms in total. The molecule has 220 valence electrons. The molecule has 2 atom stereocenters. The van der Waals surface area contributed by atoms with Gasteiger partial charge in [-0.1, -0.05) is 96.0 Å². The van der Waals surface area contributed by atoms with Crippen molar-refractivity contribution in [2.24, 2.45) is 10.7 Å². The van der Waals surface area contributed by atoms with E-state index in [2.05, 4.69) is 20.6 Å². The zero-order valence-electron chi connectivity index (χ0n) is 24.1. The lowest BCUT2D eigenvalue weighted by atomic mass is 9.84. The molecule has 2 aliphatic heterocycles. The number of aliphatic imine (C=N–C) groups is 1. The van der Waals surface area contributed by atoms with Crippen molar-refractivity contribution in [3.8, 4) is 0 Å². The Morgan fingerprint density at radius 2 is 1.62 bits per heavy atom. The van der Waals surface area contributed by atoms with Crippen LogP contribution in [-0.4, -0.2) is 27.4 Å². The Kier molecular flexibility index (Phi) is 7.26. The van der Waals surface area contributed by atoms with E-state index in [1.807, 2.05) is 97.2 Å². The fraction of sp³-hybridized carbons (Fsp3) is 0.0811. The van der Waals surface area contributed by atoms with Crippen molar-refractivity contribution in [2.75, 3.05) is 0 Å². The van der Waals surface area contributed by atoms with E-state index >= 15 is 0 Å². The van der Waals surface area contributed by atoms with Crippen molar-refractivity contribution < 1.29 is 9.59 Å². The first kappa shape index (κ1) is 28.6. The first-order chi connectivity index (χ1) is 21.8. The number of nitrogens with two attached hydrogens (primary N) is 1. The standard InChI is InChI=1S/C37H26Cl2N4O2/c1-21(44)30(23-11-6-3-7-12-23)36(40)42-37(45)33-32-31-28(19-26(39)20-29(31)41-33)34(24-14-16-25(38)17-15-24)43-18-8-13-27(35(32)43)22-9-4-2-5-10-22/h2-7,9-20,30,34,41H,1H3,(H2,40,42,45). The van der Waals surface area contributed by atoms with Gasteiger partial charge in [0.15, 0.2) is 0 Å². The minimum atomic E-state index is -0.855. The molecule has 8 heteroatoms. The number of benzene rings is 4. The Morgan fingerprint density at radius 1 is 0.933 bits per heavy atom. The highest BCUT2D eigenvalue weighted by molar-refractivity contribution is 6.32. The number of aromatic nitrogens is 1. The molecular formula is C37H26Cl2N4O2. The molecule has 3 heterocycles. The van der Waals surface area contributed by atoms with E-state index in [1.165, 1.54) is 6.92 Å². The Morgan fingerprint density at radius 3 is 2.31 bits per heavy atom. The van der Waals surface area contributed by atoms with Crippen LogP contribution in [0.1, 0.15) is 57.2 Å². The summed E-state index contributed by atoms with van der Waals surface area (Å²) in [6.45, 7) is 1.44. The molecule has 2 unspecified atom stereocenters. The van der Waals surface area contributed by atoms with Gasteiger partial charge >= 0.3 is 0 Å². The van der Waals surface area contributed by atoms with E-state index in [9.17, 15) is 9.59 Å². The third kappa shape index (κ3) is 4.99. The summed E-state index contributed by atoms with van der Waals surface area (Å²) in [5.41, 5.74) is 16.6. The lowest BCUT2D eigenvalue weighted by Crippen LogP contribution is -2.30. The van der Waals surface area contributed by atoms with Gasteiger partial charge in [0.1, 0.15) is 17.3 Å². The zero-order chi connectivity index (χ0) is 31.2. The number of carbonyl (C=O) groups excluding carboxylic acids is 2. The maximum absolute atomic E-state index is 14.2. The normalized spacial score (nSPS) is 16.2. The van der Waals surface area contributed by atoms with E-state index in [1.54, 1.807) is 12.1 Å². The highest BCUT2D eigenvalue weighted by atomic mass is 35.5. The van der Waals surface area contributed by atoms with Crippen LogP contribution in [0.3, 0.4) is 0 Å². The predicted molar refractivity (Wildman–Crippen MR) is 180 cm³/mol. The predicted octanol–water partition coefficient (Wildman–Crippen LogP) is 8.30. The number of hydrogen-bond acceptors (Lipinski definition) is 3. The second-order valence-corrected chi connectivity index (χ2v) is 11.9. The first-order valence-electron chi connectivity index (χ1n) is 14.4. The molecule has 0 fully saturated rings. The second-order valence-electron chi connectivity index (χ2n) is 11.0. The number of ketones is 1. The van der Waals surface area contributed by atoms with Crippen LogP contribution in [0, 0.1) is 0 Å². The van der Waals surface area contributed by atoms with Gasteiger partial charge in [-0.3, -0.25) is 9.59 Å². The van der Waals surface area contributed by atoms with Gasteiger partial charge in [-0.2, -0.15) is 4.99 Å². The van der Waals surface area contributed by atoms with Gasteiger partial charge in [0, 0.05) is 38.3 Å². The SMILES string of the molecule is CC(=O)C(C(N)=NC(=O)c1[nH]c2cc(Cl)cc3c2c1C1=C(c2ccccc2)C=C=CN1C3c1ccc(Cl)cc1)c1ccccc1. The average molecular weight is 630 g/mol. The van der Waals surface area contributed by atoms with Crippen molar-refractivity contribution in [2.45, 2.75) is 18.9 Å². The molecule has 45 heavy (non-hydrogen) atoms. The Hall–Kier alpha value is -5.13. The molecule has 0 saturated heterocycles. The Bertz CT molecular complexity index is 2120. The number of hydrogen-bond donors (Lipinski definition) is 2. The summed E-state index contributed by atoms with van der Waals surface area (Å²) in [4.78, 5) is 36.6. The van der Waals surface area contributed by atoms with Gasteiger partial charge < -0.3 is 15.6 Å². The van der Waals surface area contributed by atoms with Crippen LogP contribution >= 0.6 is 23.2 Å². The number of nitrogens with zero attached hydrogens (tertiary/aromatic N) is 2. The highest BCUT2D eigenvalue weighted by Gasteiger charge is 2.39. The van der Waals surface area contributed by atoms with E-state index < -0.39 is 11.8 Å². The van der Waals surface area contributed by atoms with Gasteiger partial charge in [0.05, 0.1) is 17.7 Å². The molecule has 7 rings (SSSR count). The summed E-state index contributed by atoms with van der Waals surface area (Å²) in [5.74, 6) is -1.73. The number of nitrogens with one attached hydrogen (secondary N) is 1. The number of carbonyl (C=O) groups is 2. The van der Waals surface area contributed by atoms with E-state index in [0.29, 0.717) is 26.7 Å². The molecule has 4 aromatic carbocycles. The molecule has 2 aliphatic rings. The summed E-state index contributed by atoms with van der Waals surface area (Å²) < 4.78 is 0. The van der Waals surface area contributed by atoms with E-state index in [-0.39, 0.29) is 23.4 Å². The van der Waals surface area contributed by atoms with Crippen LogP contribution in [0.5, 0.6) is 0 Å². The van der Waals surface area contributed by atoms with Gasteiger partial charge in [-0.25, -0.2) is 0 Å². The quantitative estimate of drug-likeness (QED) is 0.112. The molecule has 0 saturated carbocycles. The fourth-order valence-electron chi connectivity index (χ4n) is 6.35. The smallest absolute Gasteiger partial charge is 0.295 e. The molecule has 0 spiro atoms. The summed E-state index contributed by atoms with van der Waals surface area (Å²) in [7, 11) is 0. The van der Waals surface area contributed by atoms with Gasteiger partial charge in [-0.15, -0.1) is 5.73 Å². The molecule has 5 aromatic rings. The summed E-state index contributed by atoms with van der Waals surface area (Å²) in [6, 6.07) is 30.2. The molecule has 1 amide bonds. The Labute approximate surface area is 269 Å². The number of halogens is 2. The Balaban J connectivity index is 1.50. The number of H-pyrrole nitrogens is 1. The first-order valence-corrected chi connectivity index (χ1v) is 15.1. The number of allylic oxidation sites excluding steroid dienone is 2. The molecule has 0 bridgehead atoms. The topological polar surface area (TPSA) is 91.5 Å². The van der Waals surface area contributed by atoms with Crippen LogP contribution in [-0.2, 0) is 4.79 Å². The molecular weight excluding hydrogens is 603 g/mol. The van der Waals surface area contributed by atoms with Gasteiger partial charge in [0.2, 0.25) is 0 Å². The molecule has 1 aromatic heterocycles. The second kappa shape index (κ2) is 11.4. The largest absolute Gasteiger partial charge is 0.386 e. The lowest BCUT2D eigenvalue weighted by molar-refractivity contribution is -0.117. The maximum atomic E-state index is 14.2. The third-order valence-corrected chi connectivity index (χ3v) is 8.68. The average Bonchev–Trinajstić information content (AvgIpc) is 3.42. The number of amidine groups is 1. The van der Waals surface area contributed by atoms with Crippen molar-refractivity contribution in [3.63, 3.8) is 0 Å². The van der Waals surface area contributed by atoms with E-state index in [4.69, 9.17) is 28.9 Å². The minimum Gasteiger partial charge on any atom is -0.386 e. The number of amides is 1. The molecule has 0 aliphatic carbocycles. The molecule has 3 N–H and O–H groups in total. The van der Waals surface area contributed by atoms with Crippen molar-refractivity contribution in [3.05, 3.63) is 159 Å². The molecule has 0 radical (unpaired) electrons. The monoisotopic (exact) mass is 628 g/mol. The van der Waals surface area contributed by atoms with Crippen molar-refractivity contribution >= 4 is 62.9 Å². The third-order valence-electron chi connectivity index (χ3n) is 8.21. The number of fused-ring (bicyclic) bond motifs is 2. The summed E-state index contributed by atoms with van der Waals surface area (Å²) in [6.07, 6.45) is 3.81. The van der Waals surface area contributed by atoms with Crippen LogP contribution in [0.25, 0.3) is 22.2 Å². The summed E-state index contributed by atoms with van der Waals surface area (Å²) >= 11 is 13.0.